The van der Waals surface area contributed by atoms with Crippen LogP contribution in [-0.4, -0.2) is 28.0 Å². The Morgan fingerprint density at radius 3 is 2.86 bits per heavy atom. The predicted molar refractivity (Wildman–Crippen MR) is 83.4 cm³/mol. The van der Waals surface area contributed by atoms with E-state index in [0.717, 1.165) is 11.1 Å². The van der Waals surface area contributed by atoms with E-state index in [9.17, 15) is 5.11 Å². The second kappa shape index (κ2) is 7.31. The molecular formula is C16H16N2O3S. The highest BCUT2D eigenvalue weighted by atomic mass is 32.1. The molecule has 6 heteroatoms. The van der Waals surface area contributed by atoms with E-state index in [-0.39, 0.29) is 13.0 Å². The minimum absolute atomic E-state index is 0.227. The molecule has 0 aliphatic heterocycles. The summed E-state index contributed by atoms with van der Waals surface area (Å²) in [7, 11) is 0. The third-order valence-electron chi connectivity index (χ3n) is 3.08. The Morgan fingerprint density at radius 1 is 1.23 bits per heavy atom. The summed E-state index contributed by atoms with van der Waals surface area (Å²) in [6, 6.07) is 11.8. The average molecular weight is 316 g/mol. The number of nitrogens with zero attached hydrogens (tertiary/aromatic N) is 2. The lowest BCUT2D eigenvalue weighted by molar-refractivity contribution is 0.0253. The van der Waals surface area contributed by atoms with Crippen molar-refractivity contribution >= 4 is 11.3 Å². The summed E-state index contributed by atoms with van der Waals surface area (Å²) in [6.45, 7) is 0.701. The first-order valence-electron chi connectivity index (χ1n) is 6.96. The van der Waals surface area contributed by atoms with E-state index < -0.39 is 6.10 Å². The fourth-order valence-corrected chi connectivity index (χ4v) is 2.63. The summed E-state index contributed by atoms with van der Waals surface area (Å²) < 4.78 is 10.6. The molecule has 1 unspecified atom stereocenters. The Bertz CT molecular complexity index is 683. The van der Waals surface area contributed by atoms with Crippen LogP contribution in [0.4, 0.5) is 0 Å². The highest BCUT2D eigenvalue weighted by Crippen LogP contribution is 2.19. The third-order valence-corrected chi connectivity index (χ3v) is 3.76. The molecule has 0 aliphatic carbocycles. The zero-order valence-corrected chi connectivity index (χ0v) is 12.7. The molecule has 1 N–H and O–H groups in total. The van der Waals surface area contributed by atoms with E-state index in [1.807, 2.05) is 47.2 Å². The summed E-state index contributed by atoms with van der Waals surface area (Å²) in [5, 5.41) is 17.8. The topological polar surface area (TPSA) is 68.4 Å². The van der Waals surface area contributed by atoms with Crippen LogP contribution in [-0.2, 0) is 17.8 Å². The second-order valence-corrected chi connectivity index (χ2v) is 5.66. The van der Waals surface area contributed by atoms with Crippen molar-refractivity contribution in [2.45, 2.75) is 19.1 Å². The molecule has 3 rings (SSSR count). The summed E-state index contributed by atoms with van der Waals surface area (Å²) in [5.41, 5.74) is 2.00. The van der Waals surface area contributed by atoms with E-state index >= 15 is 0 Å². The average Bonchev–Trinajstić information content (AvgIpc) is 3.19. The van der Waals surface area contributed by atoms with Crippen LogP contribution in [0.25, 0.3) is 11.4 Å². The van der Waals surface area contributed by atoms with Gasteiger partial charge in [-0.3, -0.25) is 0 Å². The van der Waals surface area contributed by atoms with Gasteiger partial charge in [-0.2, -0.15) is 16.3 Å². The Morgan fingerprint density at radius 2 is 2.09 bits per heavy atom. The molecule has 0 amide bonds. The number of rotatable bonds is 7. The van der Waals surface area contributed by atoms with E-state index in [1.165, 1.54) is 0 Å². The van der Waals surface area contributed by atoms with Crippen LogP contribution < -0.4 is 0 Å². The number of aromatic nitrogens is 2. The molecule has 5 nitrogen and oxygen atoms in total. The van der Waals surface area contributed by atoms with Gasteiger partial charge >= 0.3 is 0 Å². The number of aliphatic hydroxyl groups excluding tert-OH is 1. The molecule has 0 aliphatic rings. The predicted octanol–water partition coefficient (Wildman–Crippen LogP) is 2.92. The van der Waals surface area contributed by atoms with Crippen LogP contribution in [0.15, 0.2) is 51.7 Å². The van der Waals surface area contributed by atoms with E-state index in [0.29, 0.717) is 18.3 Å². The third kappa shape index (κ3) is 4.00. The van der Waals surface area contributed by atoms with Gasteiger partial charge in [0.25, 0.3) is 0 Å². The van der Waals surface area contributed by atoms with Crippen molar-refractivity contribution in [2.75, 3.05) is 6.61 Å². The standard InChI is InChI=1S/C16H16N2O3S/c19-14(10-20-9-12-4-2-1-3-5-12)8-15-17-16(18-21-15)13-6-7-22-11-13/h1-7,11,14,19H,8-10H2. The number of ether oxygens (including phenoxy) is 1. The molecule has 0 saturated carbocycles. The zero-order valence-electron chi connectivity index (χ0n) is 11.9. The van der Waals surface area contributed by atoms with E-state index in [2.05, 4.69) is 10.1 Å². The lowest BCUT2D eigenvalue weighted by Gasteiger charge is -2.09. The van der Waals surface area contributed by atoms with Crippen LogP contribution >= 0.6 is 11.3 Å². The van der Waals surface area contributed by atoms with Crippen molar-refractivity contribution in [1.82, 2.24) is 10.1 Å². The molecule has 0 spiro atoms. The lowest BCUT2D eigenvalue weighted by Crippen LogP contribution is -2.18. The summed E-state index contributed by atoms with van der Waals surface area (Å²) in [5.74, 6) is 0.964. The first kappa shape index (κ1) is 14.9. The SMILES string of the molecule is OC(COCc1ccccc1)Cc1nc(-c2ccsc2)no1. The van der Waals surface area contributed by atoms with Crippen molar-refractivity contribution in [2.24, 2.45) is 0 Å². The van der Waals surface area contributed by atoms with Crippen LogP contribution in [0.1, 0.15) is 11.5 Å². The van der Waals surface area contributed by atoms with Gasteiger partial charge < -0.3 is 14.4 Å². The highest BCUT2D eigenvalue weighted by Gasteiger charge is 2.13. The van der Waals surface area contributed by atoms with Gasteiger partial charge in [-0.25, -0.2) is 0 Å². The summed E-state index contributed by atoms with van der Waals surface area (Å²) >= 11 is 1.58. The summed E-state index contributed by atoms with van der Waals surface area (Å²) in [4.78, 5) is 4.27. The molecule has 0 radical (unpaired) electrons. The second-order valence-electron chi connectivity index (χ2n) is 4.88. The van der Waals surface area contributed by atoms with Crippen molar-refractivity contribution in [1.29, 1.82) is 0 Å². The molecule has 0 bridgehead atoms. The maximum absolute atomic E-state index is 9.97. The van der Waals surface area contributed by atoms with Crippen molar-refractivity contribution in [3.63, 3.8) is 0 Å². The largest absolute Gasteiger partial charge is 0.390 e. The molecule has 22 heavy (non-hydrogen) atoms. The van der Waals surface area contributed by atoms with Crippen LogP contribution in [0.5, 0.6) is 0 Å². The quantitative estimate of drug-likeness (QED) is 0.726. The number of hydrogen-bond donors (Lipinski definition) is 1. The Kier molecular flexibility index (Phi) is 4.95. The molecule has 0 fully saturated rings. The molecule has 0 saturated heterocycles. The molecule has 114 valence electrons. The van der Waals surface area contributed by atoms with Crippen molar-refractivity contribution < 1.29 is 14.4 Å². The molecule has 1 aromatic carbocycles. The van der Waals surface area contributed by atoms with Gasteiger partial charge in [-0.15, -0.1) is 0 Å². The minimum Gasteiger partial charge on any atom is -0.390 e. The normalized spacial score (nSPS) is 12.4. The van der Waals surface area contributed by atoms with Crippen LogP contribution in [0, 0.1) is 0 Å². The first-order chi connectivity index (χ1) is 10.8. The number of thiophene rings is 1. The number of hydrogen-bond acceptors (Lipinski definition) is 6. The zero-order chi connectivity index (χ0) is 15.2. The number of benzene rings is 1. The lowest BCUT2D eigenvalue weighted by atomic mass is 10.2. The van der Waals surface area contributed by atoms with Gasteiger partial charge in [0, 0.05) is 10.9 Å². The fourth-order valence-electron chi connectivity index (χ4n) is 1.99. The van der Waals surface area contributed by atoms with Crippen LogP contribution in [0.3, 0.4) is 0 Å². The Balaban J connectivity index is 1.46. The fraction of sp³-hybridized carbons (Fsp3) is 0.250. The van der Waals surface area contributed by atoms with Gasteiger partial charge in [-0.1, -0.05) is 35.5 Å². The van der Waals surface area contributed by atoms with Crippen molar-refractivity contribution in [3.8, 4) is 11.4 Å². The maximum Gasteiger partial charge on any atom is 0.229 e. The van der Waals surface area contributed by atoms with Gasteiger partial charge in [0.15, 0.2) is 0 Å². The minimum atomic E-state index is -0.667. The Hall–Kier alpha value is -2.02. The smallest absolute Gasteiger partial charge is 0.229 e. The van der Waals surface area contributed by atoms with Gasteiger partial charge in [0.2, 0.25) is 11.7 Å². The number of aliphatic hydroxyl groups is 1. The first-order valence-corrected chi connectivity index (χ1v) is 7.90. The van der Waals surface area contributed by atoms with Gasteiger partial charge in [-0.05, 0) is 17.0 Å². The monoisotopic (exact) mass is 316 g/mol. The highest BCUT2D eigenvalue weighted by molar-refractivity contribution is 7.08. The van der Waals surface area contributed by atoms with Gasteiger partial charge in [0.05, 0.1) is 25.7 Å². The molecule has 1 atom stereocenters. The van der Waals surface area contributed by atoms with E-state index in [4.69, 9.17) is 9.26 Å². The molecule has 3 aromatic rings. The molecule has 2 aromatic heterocycles. The molecule has 2 heterocycles. The van der Waals surface area contributed by atoms with Gasteiger partial charge in [0.1, 0.15) is 0 Å². The Labute approximate surface area is 132 Å². The summed E-state index contributed by atoms with van der Waals surface area (Å²) in [6.07, 6.45) is -0.383. The maximum atomic E-state index is 9.97. The molecular weight excluding hydrogens is 300 g/mol. The van der Waals surface area contributed by atoms with Crippen molar-refractivity contribution in [3.05, 3.63) is 58.6 Å². The van der Waals surface area contributed by atoms with E-state index in [1.54, 1.807) is 11.3 Å². The van der Waals surface area contributed by atoms with Crippen LogP contribution in [0.2, 0.25) is 0 Å².